The van der Waals surface area contributed by atoms with Crippen molar-refractivity contribution in [2.24, 2.45) is 0 Å². The summed E-state index contributed by atoms with van der Waals surface area (Å²) in [6.07, 6.45) is 2.01. The first kappa shape index (κ1) is 20.9. The second kappa shape index (κ2) is 8.29. The Kier molecular flexibility index (Phi) is 5.99. The number of nitrogens with zero attached hydrogens (tertiary/aromatic N) is 1. The lowest BCUT2D eigenvalue weighted by molar-refractivity contribution is -0.148. The molecule has 1 heterocycles. The molecule has 1 aliphatic rings. The molecule has 0 saturated carbocycles. The Morgan fingerprint density at radius 1 is 1.14 bits per heavy atom. The van der Waals surface area contributed by atoms with Crippen molar-refractivity contribution in [2.75, 3.05) is 20.8 Å². The minimum Gasteiger partial charge on any atom is -0.496 e. The molecule has 2 aromatic rings. The molecular weight excluding hydrogens is 390 g/mol. The van der Waals surface area contributed by atoms with Crippen molar-refractivity contribution in [2.45, 2.75) is 25.2 Å². The molecule has 2 aromatic carbocycles. The molecule has 2 unspecified atom stereocenters. The predicted molar refractivity (Wildman–Crippen MR) is 112 cm³/mol. The lowest BCUT2D eigenvalue weighted by Gasteiger charge is -2.44. The van der Waals surface area contributed by atoms with Crippen LogP contribution in [-0.2, 0) is 19.7 Å². The van der Waals surface area contributed by atoms with E-state index < -0.39 is 11.4 Å². The quantitative estimate of drug-likeness (QED) is 0.685. The molecule has 0 aliphatic carbocycles. The van der Waals surface area contributed by atoms with Gasteiger partial charge in [0.25, 0.3) is 0 Å². The maximum absolute atomic E-state index is 13.8. The van der Waals surface area contributed by atoms with Crippen LogP contribution < -0.4 is 4.74 Å². The summed E-state index contributed by atoms with van der Waals surface area (Å²) in [6.45, 7) is 3.57. The summed E-state index contributed by atoms with van der Waals surface area (Å²) in [5.41, 5.74) is 1.42. The molecule has 1 amide bonds. The molecular formula is C23H24ClNO4. The van der Waals surface area contributed by atoms with E-state index in [-0.39, 0.29) is 18.4 Å². The van der Waals surface area contributed by atoms with E-state index >= 15 is 0 Å². The van der Waals surface area contributed by atoms with Crippen LogP contribution >= 0.6 is 11.6 Å². The Hall–Kier alpha value is -2.79. The van der Waals surface area contributed by atoms with Gasteiger partial charge in [-0.25, -0.2) is 0 Å². The molecule has 0 saturated heterocycles. The average Bonchev–Trinajstić information content (AvgIpc) is 2.74. The fourth-order valence-electron chi connectivity index (χ4n) is 3.92. The van der Waals surface area contributed by atoms with Gasteiger partial charge < -0.3 is 14.4 Å². The summed E-state index contributed by atoms with van der Waals surface area (Å²) in [4.78, 5) is 27.2. The molecule has 0 bridgehead atoms. The molecule has 2 atom stereocenters. The van der Waals surface area contributed by atoms with Crippen molar-refractivity contribution in [3.8, 4) is 5.75 Å². The van der Waals surface area contributed by atoms with E-state index in [1.807, 2.05) is 68.5 Å². The smallest absolute Gasteiger partial charge is 0.325 e. The van der Waals surface area contributed by atoms with Gasteiger partial charge >= 0.3 is 5.97 Å². The van der Waals surface area contributed by atoms with Gasteiger partial charge in [0, 0.05) is 22.2 Å². The summed E-state index contributed by atoms with van der Waals surface area (Å²) in [6, 6.07) is 14.9. The lowest BCUT2D eigenvalue weighted by atomic mass is 9.65. The molecule has 0 radical (unpaired) electrons. The first-order valence-corrected chi connectivity index (χ1v) is 9.67. The van der Waals surface area contributed by atoms with Gasteiger partial charge in [-0.3, -0.25) is 9.59 Å². The highest BCUT2D eigenvalue weighted by atomic mass is 35.5. The van der Waals surface area contributed by atoms with Crippen LogP contribution in [0.2, 0.25) is 5.02 Å². The maximum Gasteiger partial charge on any atom is 0.325 e. The predicted octanol–water partition coefficient (Wildman–Crippen LogP) is 4.31. The van der Waals surface area contributed by atoms with E-state index in [1.54, 1.807) is 7.11 Å². The fraction of sp³-hybridized carbons (Fsp3) is 0.304. The highest BCUT2D eigenvalue weighted by Crippen LogP contribution is 2.48. The monoisotopic (exact) mass is 413 g/mol. The SMILES string of the molecule is COC(=O)CN1C(=O)C(C)(c2ccccc2OC)C(c2ccc(Cl)cc2)C=C1C. The van der Waals surface area contributed by atoms with Gasteiger partial charge in [-0.05, 0) is 37.6 Å². The van der Waals surface area contributed by atoms with Gasteiger partial charge in [0.05, 0.1) is 19.6 Å². The maximum atomic E-state index is 13.8. The number of allylic oxidation sites excluding steroid dienone is 2. The van der Waals surface area contributed by atoms with Gasteiger partial charge in [-0.2, -0.15) is 0 Å². The van der Waals surface area contributed by atoms with Gasteiger partial charge in [0.2, 0.25) is 5.91 Å². The second-order valence-electron chi connectivity index (χ2n) is 7.21. The summed E-state index contributed by atoms with van der Waals surface area (Å²) >= 11 is 6.08. The number of rotatable bonds is 5. The Morgan fingerprint density at radius 3 is 2.41 bits per heavy atom. The molecule has 6 heteroatoms. The van der Waals surface area contributed by atoms with Crippen molar-refractivity contribution in [1.82, 2.24) is 4.90 Å². The van der Waals surface area contributed by atoms with Crippen LogP contribution in [0, 0.1) is 0 Å². The molecule has 152 valence electrons. The van der Waals surface area contributed by atoms with Crippen molar-refractivity contribution in [3.05, 3.63) is 76.5 Å². The van der Waals surface area contributed by atoms with Crippen LogP contribution in [0.1, 0.15) is 30.9 Å². The normalized spacial score (nSPS) is 21.6. The van der Waals surface area contributed by atoms with Crippen molar-refractivity contribution < 1.29 is 19.1 Å². The molecule has 0 spiro atoms. The second-order valence-corrected chi connectivity index (χ2v) is 7.64. The molecule has 29 heavy (non-hydrogen) atoms. The number of benzene rings is 2. The zero-order valence-electron chi connectivity index (χ0n) is 16.9. The van der Waals surface area contributed by atoms with Crippen molar-refractivity contribution in [3.63, 3.8) is 0 Å². The van der Waals surface area contributed by atoms with E-state index in [9.17, 15) is 9.59 Å². The minimum atomic E-state index is -0.992. The van der Waals surface area contributed by atoms with Gasteiger partial charge in [0.15, 0.2) is 0 Å². The molecule has 5 nitrogen and oxygen atoms in total. The third-order valence-electron chi connectivity index (χ3n) is 5.56. The van der Waals surface area contributed by atoms with Crippen LogP contribution in [0.4, 0.5) is 0 Å². The number of amides is 1. The topological polar surface area (TPSA) is 55.8 Å². The van der Waals surface area contributed by atoms with Crippen LogP contribution in [0.5, 0.6) is 5.75 Å². The van der Waals surface area contributed by atoms with Crippen LogP contribution in [0.25, 0.3) is 0 Å². The summed E-state index contributed by atoms with van der Waals surface area (Å²) in [5, 5.41) is 0.628. The summed E-state index contributed by atoms with van der Waals surface area (Å²) < 4.78 is 10.4. The lowest BCUT2D eigenvalue weighted by Crippen LogP contribution is -2.52. The highest BCUT2D eigenvalue weighted by Gasteiger charge is 2.50. The van der Waals surface area contributed by atoms with Crippen LogP contribution in [-0.4, -0.2) is 37.5 Å². The van der Waals surface area contributed by atoms with Gasteiger partial charge in [-0.1, -0.05) is 48.0 Å². The number of hydrogen-bond acceptors (Lipinski definition) is 4. The number of para-hydroxylation sites is 1. The highest BCUT2D eigenvalue weighted by molar-refractivity contribution is 6.30. The number of carbonyl (C=O) groups is 2. The third-order valence-corrected chi connectivity index (χ3v) is 5.81. The first-order chi connectivity index (χ1) is 13.8. The zero-order chi connectivity index (χ0) is 21.2. The molecule has 3 rings (SSSR count). The number of ether oxygens (including phenoxy) is 2. The van der Waals surface area contributed by atoms with E-state index in [4.69, 9.17) is 21.1 Å². The van der Waals surface area contributed by atoms with E-state index in [2.05, 4.69) is 0 Å². The molecule has 0 N–H and O–H groups in total. The Labute approximate surface area is 175 Å². The number of carbonyl (C=O) groups excluding carboxylic acids is 2. The third kappa shape index (κ3) is 3.75. The first-order valence-electron chi connectivity index (χ1n) is 9.29. The number of hydrogen-bond donors (Lipinski definition) is 0. The van der Waals surface area contributed by atoms with E-state index in [0.29, 0.717) is 16.5 Å². The minimum absolute atomic E-state index is 0.143. The summed E-state index contributed by atoms with van der Waals surface area (Å²) in [7, 11) is 2.89. The largest absolute Gasteiger partial charge is 0.496 e. The number of methoxy groups -OCH3 is 2. The van der Waals surface area contributed by atoms with Crippen molar-refractivity contribution in [1.29, 1.82) is 0 Å². The molecule has 1 aliphatic heterocycles. The van der Waals surface area contributed by atoms with Crippen molar-refractivity contribution >= 4 is 23.5 Å². The van der Waals surface area contributed by atoms with Gasteiger partial charge in [-0.15, -0.1) is 0 Å². The fourth-order valence-corrected chi connectivity index (χ4v) is 4.04. The Bertz CT molecular complexity index is 954. The van der Waals surface area contributed by atoms with Gasteiger partial charge in [0.1, 0.15) is 12.3 Å². The summed E-state index contributed by atoms with van der Waals surface area (Å²) in [5.74, 6) is -0.309. The number of halogens is 1. The van der Waals surface area contributed by atoms with Crippen LogP contribution in [0.15, 0.2) is 60.3 Å². The average molecular weight is 414 g/mol. The Morgan fingerprint density at radius 2 is 1.79 bits per heavy atom. The molecule has 0 aromatic heterocycles. The van der Waals surface area contributed by atoms with Crippen LogP contribution in [0.3, 0.4) is 0 Å². The zero-order valence-corrected chi connectivity index (χ0v) is 17.7. The Balaban J connectivity index is 2.22. The number of esters is 1. The molecule has 0 fully saturated rings. The van der Waals surface area contributed by atoms with E-state index in [0.717, 1.165) is 11.1 Å². The standard InChI is InChI=1S/C23H24ClNO4/c1-15-13-19(16-9-11-17(24)12-10-16)23(2,18-7-5-6-8-20(18)28-3)22(27)25(15)14-21(26)29-4/h5-13,19H,14H2,1-4H3. The van der Waals surface area contributed by atoms with E-state index in [1.165, 1.54) is 12.0 Å².